The highest BCUT2D eigenvalue weighted by Crippen LogP contribution is 2.22. The lowest BCUT2D eigenvalue weighted by Crippen LogP contribution is -2.27. The van der Waals surface area contributed by atoms with Gasteiger partial charge in [0.25, 0.3) is 0 Å². The van der Waals surface area contributed by atoms with Crippen LogP contribution in [0.2, 0.25) is 0 Å². The van der Waals surface area contributed by atoms with Gasteiger partial charge in [-0.15, -0.1) is 0 Å². The van der Waals surface area contributed by atoms with E-state index in [1.165, 1.54) is 6.07 Å². The Morgan fingerprint density at radius 1 is 1.43 bits per heavy atom. The summed E-state index contributed by atoms with van der Waals surface area (Å²) in [4.78, 5) is 11.9. The summed E-state index contributed by atoms with van der Waals surface area (Å²) in [6.07, 6.45) is 2.23. The van der Waals surface area contributed by atoms with Gasteiger partial charge in [0.15, 0.2) is 0 Å². The summed E-state index contributed by atoms with van der Waals surface area (Å²) in [5.41, 5.74) is 0.391. The first-order valence-electron chi connectivity index (χ1n) is 7.33. The fourth-order valence-corrected chi connectivity index (χ4v) is 2.08. The molecule has 1 atom stereocenters. The third-order valence-corrected chi connectivity index (χ3v) is 3.45. The monoisotopic (exact) mass is 294 g/mol. The molecule has 2 rings (SSSR count). The normalized spacial score (nSPS) is 18.6. The van der Waals surface area contributed by atoms with E-state index < -0.39 is 5.41 Å². The van der Waals surface area contributed by atoms with Gasteiger partial charge in [0.05, 0.1) is 11.8 Å². The predicted molar refractivity (Wildman–Crippen MR) is 81.9 cm³/mol. The molecule has 1 saturated heterocycles. The van der Waals surface area contributed by atoms with Crippen LogP contribution in [0.4, 0.5) is 15.8 Å². The number of carbonyl (C=O) groups excluding carboxylic acids is 1. The molecule has 2 N–H and O–H groups in total. The molecule has 5 heteroatoms. The first-order chi connectivity index (χ1) is 9.86. The van der Waals surface area contributed by atoms with Crippen LogP contribution in [0.1, 0.15) is 33.6 Å². The van der Waals surface area contributed by atoms with E-state index in [0.717, 1.165) is 19.4 Å². The maximum Gasteiger partial charge on any atom is 0.229 e. The zero-order valence-corrected chi connectivity index (χ0v) is 12.8. The van der Waals surface area contributed by atoms with Gasteiger partial charge in [-0.05, 0) is 31.0 Å². The van der Waals surface area contributed by atoms with Crippen molar-refractivity contribution in [3.05, 3.63) is 24.0 Å². The van der Waals surface area contributed by atoms with Gasteiger partial charge in [-0.3, -0.25) is 4.79 Å². The number of ether oxygens (including phenoxy) is 1. The molecule has 0 aliphatic carbocycles. The molecule has 1 aliphatic rings. The number of benzene rings is 1. The largest absolute Gasteiger partial charge is 0.380 e. The summed E-state index contributed by atoms with van der Waals surface area (Å²) >= 11 is 0. The van der Waals surface area contributed by atoms with Crippen LogP contribution >= 0.6 is 0 Å². The molecule has 0 aromatic heterocycles. The van der Waals surface area contributed by atoms with Crippen molar-refractivity contribution < 1.29 is 13.9 Å². The zero-order chi connectivity index (χ0) is 15.5. The minimum absolute atomic E-state index is 0.137. The van der Waals surface area contributed by atoms with Gasteiger partial charge in [-0.25, -0.2) is 4.39 Å². The van der Waals surface area contributed by atoms with Crippen molar-refractivity contribution in [1.29, 1.82) is 0 Å². The second kappa shape index (κ2) is 6.43. The van der Waals surface area contributed by atoms with Crippen molar-refractivity contribution in [3.63, 3.8) is 0 Å². The van der Waals surface area contributed by atoms with Crippen molar-refractivity contribution in [2.75, 3.05) is 23.8 Å². The third kappa shape index (κ3) is 4.43. The van der Waals surface area contributed by atoms with Gasteiger partial charge >= 0.3 is 0 Å². The summed E-state index contributed by atoms with van der Waals surface area (Å²) < 4.78 is 19.5. The molecular weight excluding hydrogens is 271 g/mol. The Balaban J connectivity index is 1.95. The van der Waals surface area contributed by atoms with Crippen LogP contribution in [0.15, 0.2) is 18.2 Å². The van der Waals surface area contributed by atoms with Crippen LogP contribution < -0.4 is 10.6 Å². The van der Waals surface area contributed by atoms with Crippen LogP contribution in [-0.4, -0.2) is 25.2 Å². The Bertz CT molecular complexity index is 505. The van der Waals surface area contributed by atoms with Crippen molar-refractivity contribution >= 4 is 17.3 Å². The minimum Gasteiger partial charge on any atom is -0.380 e. The summed E-state index contributed by atoms with van der Waals surface area (Å²) in [5, 5.41) is 5.77. The number of hydrogen-bond donors (Lipinski definition) is 2. The van der Waals surface area contributed by atoms with E-state index in [-0.39, 0.29) is 17.8 Å². The molecule has 1 heterocycles. The Kier molecular flexibility index (Phi) is 4.83. The highest BCUT2D eigenvalue weighted by atomic mass is 19.1. The molecule has 1 aromatic rings. The van der Waals surface area contributed by atoms with E-state index in [9.17, 15) is 9.18 Å². The predicted octanol–water partition coefficient (Wildman–Crippen LogP) is 3.40. The third-order valence-electron chi connectivity index (χ3n) is 3.45. The lowest BCUT2D eigenvalue weighted by Gasteiger charge is -2.18. The molecule has 0 unspecified atom stereocenters. The second-order valence-electron chi connectivity index (χ2n) is 6.41. The molecule has 4 nitrogen and oxygen atoms in total. The van der Waals surface area contributed by atoms with E-state index >= 15 is 0 Å². The van der Waals surface area contributed by atoms with Gasteiger partial charge in [0, 0.05) is 24.3 Å². The van der Waals surface area contributed by atoms with Crippen LogP contribution in [0, 0.1) is 11.2 Å². The molecule has 0 saturated carbocycles. The molecule has 1 aromatic carbocycles. The molecule has 1 fully saturated rings. The molecule has 116 valence electrons. The maximum atomic E-state index is 14.0. The molecule has 0 spiro atoms. The zero-order valence-electron chi connectivity index (χ0n) is 12.8. The van der Waals surface area contributed by atoms with E-state index in [4.69, 9.17) is 4.74 Å². The van der Waals surface area contributed by atoms with Crippen LogP contribution in [0.5, 0.6) is 0 Å². The standard InChI is InChI=1S/C16H23FN2O2/c1-16(2,3)15(20)19-11-6-7-14(13(17)9-11)18-10-12-5-4-8-21-12/h6-7,9,12,18H,4-5,8,10H2,1-3H3,(H,19,20)/t12-/m1/s1. The van der Waals surface area contributed by atoms with Crippen LogP contribution in [0.25, 0.3) is 0 Å². The highest BCUT2D eigenvalue weighted by Gasteiger charge is 2.21. The highest BCUT2D eigenvalue weighted by molar-refractivity contribution is 5.94. The Hall–Kier alpha value is -1.62. The Morgan fingerprint density at radius 2 is 2.19 bits per heavy atom. The van der Waals surface area contributed by atoms with Crippen LogP contribution in [-0.2, 0) is 9.53 Å². The molecule has 0 bridgehead atoms. The second-order valence-corrected chi connectivity index (χ2v) is 6.41. The fraction of sp³-hybridized carbons (Fsp3) is 0.562. The van der Waals surface area contributed by atoms with E-state index in [1.54, 1.807) is 12.1 Å². The number of hydrogen-bond acceptors (Lipinski definition) is 3. The van der Waals surface area contributed by atoms with Gasteiger partial charge in [0.1, 0.15) is 5.82 Å². The topological polar surface area (TPSA) is 50.4 Å². The number of nitrogens with one attached hydrogen (secondary N) is 2. The van der Waals surface area contributed by atoms with Crippen molar-refractivity contribution in [2.45, 2.75) is 39.7 Å². The maximum absolute atomic E-state index is 14.0. The van der Waals surface area contributed by atoms with E-state index in [2.05, 4.69) is 10.6 Å². The van der Waals surface area contributed by atoms with Crippen LogP contribution in [0.3, 0.4) is 0 Å². The van der Waals surface area contributed by atoms with Crippen molar-refractivity contribution in [2.24, 2.45) is 5.41 Å². The number of rotatable bonds is 4. The molecule has 0 radical (unpaired) electrons. The number of anilines is 2. The van der Waals surface area contributed by atoms with Gasteiger partial charge in [-0.2, -0.15) is 0 Å². The van der Waals surface area contributed by atoms with E-state index in [1.807, 2.05) is 20.8 Å². The van der Waals surface area contributed by atoms with Crippen molar-refractivity contribution in [3.8, 4) is 0 Å². The average Bonchev–Trinajstić information content (AvgIpc) is 2.89. The quantitative estimate of drug-likeness (QED) is 0.895. The first kappa shape index (κ1) is 15.8. The first-order valence-corrected chi connectivity index (χ1v) is 7.33. The van der Waals surface area contributed by atoms with Gasteiger partial charge in [0.2, 0.25) is 5.91 Å². The lowest BCUT2D eigenvalue weighted by atomic mass is 9.95. The van der Waals surface area contributed by atoms with Crippen molar-refractivity contribution in [1.82, 2.24) is 0 Å². The summed E-state index contributed by atoms with van der Waals surface area (Å²) in [5.74, 6) is -0.512. The van der Waals surface area contributed by atoms with E-state index in [0.29, 0.717) is 17.9 Å². The average molecular weight is 294 g/mol. The Labute approximate surface area is 125 Å². The Morgan fingerprint density at radius 3 is 2.76 bits per heavy atom. The minimum atomic E-state index is -0.507. The van der Waals surface area contributed by atoms with Gasteiger partial charge < -0.3 is 15.4 Å². The molecule has 1 amide bonds. The SMILES string of the molecule is CC(C)(C)C(=O)Nc1ccc(NC[C@H]2CCCO2)c(F)c1. The number of halogens is 1. The van der Waals surface area contributed by atoms with Gasteiger partial charge in [-0.1, -0.05) is 20.8 Å². The summed E-state index contributed by atoms with van der Waals surface area (Å²) in [7, 11) is 0. The molecule has 21 heavy (non-hydrogen) atoms. The molecular formula is C16H23FN2O2. The molecule has 1 aliphatic heterocycles. The number of amides is 1. The fourth-order valence-electron chi connectivity index (χ4n) is 2.08. The lowest BCUT2D eigenvalue weighted by molar-refractivity contribution is -0.123. The summed E-state index contributed by atoms with van der Waals surface area (Å²) in [6.45, 7) is 6.83. The summed E-state index contributed by atoms with van der Waals surface area (Å²) in [6, 6.07) is 4.68. The number of carbonyl (C=O) groups is 1. The smallest absolute Gasteiger partial charge is 0.229 e.